The number of H-pyrrole nitrogens is 1. The van der Waals surface area contributed by atoms with Crippen molar-refractivity contribution < 1.29 is 14.3 Å². The van der Waals surface area contributed by atoms with Crippen LogP contribution in [0.4, 0.5) is 0 Å². The number of nitrogens with zero attached hydrogens (tertiary/aromatic N) is 1. The van der Waals surface area contributed by atoms with Gasteiger partial charge in [-0.2, -0.15) is 5.10 Å². The molecule has 1 amide bonds. The van der Waals surface area contributed by atoms with Gasteiger partial charge in [0.1, 0.15) is 6.04 Å². The van der Waals surface area contributed by atoms with E-state index < -0.39 is 17.4 Å². The number of aromatic amines is 1. The molecule has 112 valence electrons. The number of hydrogen-bond acceptors (Lipinski definition) is 4. The molecule has 2 rings (SSSR count). The fraction of sp³-hybridized carbons (Fsp3) is 0.400. The van der Waals surface area contributed by atoms with Gasteiger partial charge < -0.3 is 10.1 Å². The molecule has 0 bridgehead atoms. The third-order valence-corrected chi connectivity index (χ3v) is 3.30. The molecule has 0 spiro atoms. The molecule has 0 aliphatic heterocycles. The van der Waals surface area contributed by atoms with Gasteiger partial charge in [-0.3, -0.25) is 9.89 Å². The molecule has 0 aliphatic rings. The minimum Gasteiger partial charge on any atom is -0.467 e. The Hall–Kier alpha value is -2.37. The highest BCUT2D eigenvalue weighted by Gasteiger charge is 2.34. The predicted molar refractivity (Wildman–Crippen MR) is 78.8 cm³/mol. The molecule has 1 aromatic carbocycles. The number of benzene rings is 1. The molecule has 0 radical (unpaired) electrons. The Bertz CT molecular complexity index is 670. The van der Waals surface area contributed by atoms with Crippen LogP contribution in [-0.2, 0) is 9.53 Å². The number of aromatic nitrogens is 2. The van der Waals surface area contributed by atoms with Crippen molar-refractivity contribution >= 4 is 22.8 Å². The van der Waals surface area contributed by atoms with Gasteiger partial charge in [0, 0.05) is 5.39 Å². The van der Waals surface area contributed by atoms with Crippen LogP contribution < -0.4 is 5.32 Å². The van der Waals surface area contributed by atoms with Crippen molar-refractivity contribution in [2.24, 2.45) is 5.41 Å². The van der Waals surface area contributed by atoms with E-state index in [0.717, 1.165) is 5.39 Å². The summed E-state index contributed by atoms with van der Waals surface area (Å²) in [6, 6.07) is 4.59. The summed E-state index contributed by atoms with van der Waals surface area (Å²) in [4.78, 5) is 24.3. The van der Waals surface area contributed by atoms with Crippen LogP contribution in [0.2, 0.25) is 0 Å². The number of esters is 1. The summed E-state index contributed by atoms with van der Waals surface area (Å²) in [5.74, 6) is -0.803. The van der Waals surface area contributed by atoms with Crippen molar-refractivity contribution in [2.75, 3.05) is 7.11 Å². The summed E-state index contributed by atoms with van der Waals surface area (Å²) in [6.07, 6.45) is 1.65. The van der Waals surface area contributed by atoms with E-state index in [4.69, 9.17) is 4.74 Å². The van der Waals surface area contributed by atoms with Crippen molar-refractivity contribution in [1.82, 2.24) is 15.5 Å². The second kappa shape index (κ2) is 5.55. The van der Waals surface area contributed by atoms with Gasteiger partial charge in [-0.25, -0.2) is 4.79 Å². The summed E-state index contributed by atoms with van der Waals surface area (Å²) in [6.45, 7) is 5.60. The summed E-state index contributed by atoms with van der Waals surface area (Å²) in [7, 11) is 1.31. The number of carbonyl (C=O) groups excluding carboxylic acids is 2. The lowest BCUT2D eigenvalue weighted by molar-refractivity contribution is -0.145. The Labute approximate surface area is 122 Å². The zero-order valence-corrected chi connectivity index (χ0v) is 12.6. The van der Waals surface area contributed by atoms with E-state index in [-0.39, 0.29) is 5.91 Å². The lowest BCUT2D eigenvalue weighted by atomic mass is 9.86. The lowest BCUT2D eigenvalue weighted by Gasteiger charge is -2.29. The number of amides is 1. The van der Waals surface area contributed by atoms with Gasteiger partial charge in [0.2, 0.25) is 0 Å². The molecule has 0 saturated carbocycles. The standard InChI is InChI=1S/C15H19N3O3/c1-15(2,3)12(14(20)21-4)17-13(19)10-7-5-6-9-8-16-18-11(9)10/h5-8,12H,1-4H3,(H,16,18)(H,17,19)/t12-/m1/s1. The first-order valence-corrected chi connectivity index (χ1v) is 6.65. The third kappa shape index (κ3) is 3.04. The predicted octanol–water partition coefficient (Wildman–Crippen LogP) is 1.88. The van der Waals surface area contributed by atoms with Gasteiger partial charge in [0.05, 0.1) is 24.4 Å². The maximum Gasteiger partial charge on any atom is 0.328 e. The average Bonchev–Trinajstić information content (AvgIpc) is 2.90. The first-order chi connectivity index (χ1) is 9.84. The van der Waals surface area contributed by atoms with Crippen LogP contribution in [0.25, 0.3) is 10.9 Å². The highest BCUT2D eigenvalue weighted by atomic mass is 16.5. The van der Waals surface area contributed by atoms with Gasteiger partial charge in [0.25, 0.3) is 5.91 Å². The SMILES string of the molecule is COC(=O)[C@@H](NC(=O)c1cccc2cn[nH]c12)C(C)(C)C. The second-order valence-electron chi connectivity index (χ2n) is 5.94. The number of carbonyl (C=O) groups is 2. The van der Waals surface area contributed by atoms with E-state index in [1.165, 1.54) is 7.11 Å². The number of ether oxygens (including phenoxy) is 1. The molecule has 0 unspecified atom stereocenters. The number of para-hydroxylation sites is 1. The summed E-state index contributed by atoms with van der Waals surface area (Å²) in [5.41, 5.74) is 0.639. The van der Waals surface area contributed by atoms with Crippen molar-refractivity contribution in [3.8, 4) is 0 Å². The Morgan fingerprint density at radius 3 is 2.67 bits per heavy atom. The van der Waals surface area contributed by atoms with Crippen LogP contribution in [0, 0.1) is 5.41 Å². The minimum atomic E-state index is -0.729. The summed E-state index contributed by atoms with van der Waals surface area (Å²) < 4.78 is 4.77. The fourth-order valence-electron chi connectivity index (χ4n) is 2.11. The van der Waals surface area contributed by atoms with Crippen LogP contribution in [0.15, 0.2) is 24.4 Å². The molecule has 2 aromatic rings. The molecule has 0 fully saturated rings. The molecule has 2 N–H and O–H groups in total. The molecule has 1 aromatic heterocycles. The molecule has 21 heavy (non-hydrogen) atoms. The Kier molecular flexibility index (Phi) is 3.97. The average molecular weight is 289 g/mol. The fourth-order valence-corrected chi connectivity index (χ4v) is 2.11. The van der Waals surface area contributed by atoms with Crippen LogP contribution in [0.3, 0.4) is 0 Å². The zero-order chi connectivity index (χ0) is 15.6. The smallest absolute Gasteiger partial charge is 0.328 e. The summed E-state index contributed by atoms with van der Waals surface area (Å²) >= 11 is 0. The molecule has 6 nitrogen and oxygen atoms in total. The maximum atomic E-state index is 12.5. The molecule has 0 aliphatic carbocycles. The molecule has 0 saturated heterocycles. The number of hydrogen-bond donors (Lipinski definition) is 2. The van der Waals surface area contributed by atoms with E-state index >= 15 is 0 Å². The number of methoxy groups -OCH3 is 1. The van der Waals surface area contributed by atoms with Crippen molar-refractivity contribution in [3.63, 3.8) is 0 Å². The van der Waals surface area contributed by atoms with E-state index in [1.54, 1.807) is 18.3 Å². The van der Waals surface area contributed by atoms with E-state index in [0.29, 0.717) is 11.1 Å². The molecule has 6 heteroatoms. The highest BCUT2D eigenvalue weighted by molar-refractivity contribution is 6.06. The van der Waals surface area contributed by atoms with Gasteiger partial charge in [-0.05, 0) is 11.5 Å². The van der Waals surface area contributed by atoms with Gasteiger partial charge in [0.15, 0.2) is 0 Å². The van der Waals surface area contributed by atoms with Crippen LogP contribution in [0.5, 0.6) is 0 Å². The number of rotatable bonds is 3. The molecular weight excluding hydrogens is 270 g/mol. The number of nitrogens with one attached hydrogen (secondary N) is 2. The van der Waals surface area contributed by atoms with Crippen LogP contribution in [-0.4, -0.2) is 35.2 Å². The van der Waals surface area contributed by atoms with Crippen molar-refractivity contribution in [1.29, 1.82) is 0 Å². The second-order valence-corrected chi connectivity index (χ2v) is 5.94. The maximum absolute atomic E-state index is 12.5. The van der Waals surface area contributed by atoms with Crippen molar-refractivity contribution in [3.05, 3.63) is 30.0 Å². The lowest BCUT2D eigenvalue weighted by Crippen LogP contribution is -2.49. The zero-order valence-electron chi connectivity index (χ0n) is 12.6. The normalized spacial score (nSPS) is 13.0. The molecule has 1 heterocycles. The van der Waals surface area contributed by atoms with E-state index in [1.807, 2.05) is 26.8 Å². The van der Waals surface area contributed by atoms with Gasteiger partial charge in [-0.15, -0.1) is 0 Å². The van der Waals surface area contributed by atoms with Gasteiger partial charge >= 0.3 is 5.97 Å². The van der Waals surface area contributed by atoms with Crippen molar-refractivity contribution in [2.45, 2.75) is 26.8 Å². The number of fused-ring (bicyclic) bond motifs is 1. The quantitative estimate of drug-likeness (QED) is 0.845. The first-order valence-electron chi connectivity index (χ1n) is 6.65. The van der Waals surface area contributed by atoms with Crippen LogP contribution >= 0.6 is 0 Å². The topological polar surface area (TPSA) is 84.1 Å². The van der Waals surface area contributed by atoms with E-state index in [2.05, 4.69) is 15.5 Å². The molecule has 1 atom stereocenters. The minimum absolute atomic E-state index is 0.338. The Morgan fingerprint density at radius 1 is 1.33 bits per heavy atom. The Morgan fingerprint density at radius 2 is 2.05 bits per heavy atom. The largest absolute Gasteiger partial charge is 0.467 e. The first kappa shape index (κ1) is 15.0. The molecular formula is C15H19N3O3. The Balaban J connectivity index is 2.31. The third-order valence-electron chi connectivity index (χ3n) is 3.30. The highest BCUT2D eigenvalue weighted by Crippen LogP contribution is 2.22. The summed E-state index contributed by atoms with van der Waals surface area (Å²) in [5, 5.41) is 10.3. The van der Waals surface area contributed by atoms with E-state index in [9.17, 15) is 9.59 Å². The van der Waals surface area contributed by atoms with Crippen LogP contribution in [0.1, 0.15) is 31.1 Å². The van der Waals surface area contributed by atoms with Gasteiger partial charge in [-0.1, -0.05) is 32.9 Å². The monoisotopic (exact) mass is 289 g/mol.